The van der Waals surface area contributed by atoms with E-state index in [0.29, 0.717) is 6.20 Å². The molecule has 2 atom stereocenters. The van der Waals surface area contributed by atoms with Gasteiger partial charge in [0, 0.05) is 24.1 Å². The van der Waals surface area contributed by atoms with Crippen LogP contribution in [0, 0.1) is 5.92 Å². The Morgan fingerprint density at radius 2 is 2.21 bits per heavy atom. The number of aromatic nitrogens is 1. The molecular formula is C16H15F3N2O3. The van der Waals surface area contributed by atoms with Crippen molar-refractivity contribution in [2.45, 2.75) is 18.5 Å². The van der Waals surface area contributed by atoms with Crippen LogP contribution in [-0.2, 0) is 11.0 Å². The Kier molecular flexibility index (Phi) is 4.46. The Balaban J connectivity index is 1.37. The Bertz CT molecular complexity index is 684. The molecule has 0 spiro atoms. The molecule has 8 heteroatoms. The van der Waals surface area contributed by atoms with Gasteiger partial charge >= 0.3 is 6.18 Å². The van der Waals surface area contributed by atoms with Gasteiger partial charge in [-0.1, -0.05) is 0 Å². The average Bonchev–Trinajstić information content (AvgIpc) is 3.16. The van der Waals surface area contributed by atoms with Crippen LogP contribution in [0.2, 0.25) is 0 Å². The molecule has 1 saturated carbocycles. The van der Waals surface area contributed by atoms with E-state index in [-0.39, 0.29) is 36.8 Å². The monoisotopic (exact) mass is 340 g/mol. The maximum absolute atomic E-state index is 12.4. The highest BCUT2D eigenvalue weighted by Crippen LogP contribution is 2.47. The smallest absolute Gasteiger partial charge is 0.417 e. The summed E-state index contributed by atoms with van der Waals surface area (Å²) in [5, 5.41) is 2.73. The number of rotatable bonds is 6. The molecule has 1 amide bonds. The molecule has 0 saturated heterocycles. The van der Waals surface area contributed by atoms with Gasteiger partial charge in [0.05, 0.1) is 18.4 Å². The minimum absolute atomic E-state index is 0.0807. The van der Waals surface area contributed by atoms with E-state index in [1.165, 1.54) is 0 Å². The minimum Gasteiger partial charge on any atom is -0.476 e. The van der Waals surface area contributed by atoms with Crippen molar-refractivity contribution in [1.82, 2.24) is 10.3 Å². The molecule has 3 rings (SSSR count). The molecule has 0 radical (unpaired) electrons. The van der Waals surface area contributed by atoms with Crippen LogP contribution in [0.15, 0.2) is 41.1 Å². The summed E-state index contributed by atoms with van der Waals surface area (Å²) in [7, 11) is 0. The molecule has 128 valence electrons. The summed E-state index contributed by atoms with van der Waals surface area (Å²) >= 11 is 0. The molecule has 1 aliphatic carbocycles. The molecule has 0 aromatic carbocycles. The van der Waals surface area contributed by atoms with Crippen molar-refractivity contribution >= 4 is 5.91 Å². The molecule has 5 nitrogen and oxygen atoms in total. The molecule has 0 unspecified atom stereocenters. The second-order valence-corrected chi connectivity index (χ2v) is 5.49. The summed E-state index contributed by atoms with van der Waals surface area (Å²) < 4.78 is 47.7. The van der Waals surface area contributed by atoms with Gasteiger partial charge in [0.25, 0.3) is 0 Å². The number of hydrogen-bond donors (Lipinski definition) is 1. The van der Waals surface area contributed by atoms with Crippen molar-refractivity contribution in [2.24, 2.45) is 5.92 Å². The first kappa shape index (κ1) is 16.4. The lowest BCUT2D eigenvalue weighted by Crippen LogP contribution is -2.29. The molecule has 2 heterocycles. The lowest BCUT2D eigenvalue weighted by atomic mass is 10.2. The number of amides is 1. The highest BCUT2D eigenvalue weighted by molar-refractivity contribution is 5.82. The van der Waals surface area contributed by atoms with E-state index >= 15 is 0 Å². The molecule has 1 N–H and O–H groups in total. The summed E-state index contributed by atoms with van der Waals surface area (Å²) in [6.45, 7) is 0.380. The molecule has 2 aromatic heterocycles. The first-order chi connectivity index (χ1) is 11.4. The largest absolute Gasteiger partial charge is 0.476 e. The van der Waals surface area contributed by atoms with Crippen molar-refractivity contribution < 1.29 is 27.1 Å². The quantitative estimate of drug-likeness (QED) is 0.821. The number of nitrogens with zero attached hydrogens (tertiary/aromatic N) is 1. The highest BCUT2D eigenvalue weighted by atomic mass is 19.4. The number of carbonyl (C=O) groups is 1. The van der Waals surface area contributed by atoms with E-state index in [0.717, 1.165) is 24.3 Å². The van der Waals surface area contributed by atoms with Crippen molar-refractivity contribution in [3.05, 3.63) is 48.0 Å². The lowest BCUT2D eigenvalue weighted by molar-refractivity contribution is -0.137. The van der Waals surface area contributed by atoms with Gasteiger partial charge < -0.3 is 14.5 Å². The summed E-state index contributed by atoms with van der Waals surface area (Å²) in [6.07, 6.45) is -1.38. The van der Waals surface area contributed by atoms with Crippen LogP contribution in [0.3, 0.4) is 0 Å². The number of halogens is 3. The predicted octanol–water partition coefficient (Wildman–Crippen LogP) is 2.99. The standard InChI is InChI=1S/C16H15F3N2O3/c17-16(18,19)10-3-4-14(21-9-10)24-7-5-20-15(22)12-8-11(12)13-2-1-6-23-13/h1-4,6,9,11-12H,5,7-8H2,(H,20,22)/t11-,12-/m0/s1. The second-order valence-electron chi connectivity index (χ2n) is 5.49. The number of ether oxygens (including phenoxy) is 1. The topological polar surface area (TPSA) is 64.4 Å². The SMILES string of the molecule is O=C(NCCOc1ccc(C(F)(F)F)cn1)[C@H]1C[C@@H]1c1ccco1. The summed E-state index contributed by atoms with van der Waals surface area (Å²) in [5.74, 6) is 0.829. The zero-order valence-electron chi connectivity index (χ0n) is 12.5. The molecular weight excluding hydrogens is 325 g/mol. The second kappa shape index (κ2) is 6.54. The van der Waals surface area contributed by atoms with E-state index in [9.17, 15) is 18.0 Å². The number of carbonyl (C=O) groups excluding carboxylic acids is 1. The van der Waals surface area contributed by atoms with Crippen molar-refractivity contribution in [3.63, 3.8) is 0 Å². The maximum Gasteiger partial charge on any atom is 0.417 e. The summed E-state index contributed by atoms with van der Waals surface area (Å²) in [4.78, 5) is 15.5. The van der Waals surface area contributed by atoms with Gasteiger partial charge in [-0.2, -0.15) is 13.2 Å². The van der Waals surface area contributed by atoms with Gasteiger partial charge in [-0.25, -0.2) is 4.98 Å². The van der Waals surface area contributed by atoms with Crippen LogP contribution >= 0.6 is 0 Å². The number of hydrogen-bond acceptors (Lipinski definition) is 4. The van der Waals surface area contributed by atoms with Gasteiger partial charge in [-0.15, -0.1) is 0 Å². The first-order valence-electron chi connectivity index (χ1n) is 7.42. The molecule has 2 aromatic rings. The number of pyridine rings is 1. The van der Waals surface area contributed by atoms with Gasteiger partial charge in [0.15, 0.2) is 0 Å². The van der Waals surface area contributed by atoms with Crippen LogP contribution in [-0.4, -0.2) is 24.0 Å². The predicted molar refractivity (Wildman–Crippen MR) is 77.3 cm³/mol. The average molecular weight is 340 g/mol. The summed E-state index contributed by atoms with van der Waals surface area (Å²) in [6, 6.07) is 5.68. The van der Waals surface area contributed by atoms with Crippen molar-refractivity contribution in [3.8, 4) is 5.88 Å². The maximum atomic E-state index is 12.4. The highest BCUT2D eigenvalue weighted by Gasteiger charge is 2.45. The molecule has 1 aliphatic rings. The van der Waals surface area contributed by atoms with Crippen LogP contribution in [0.4, 0.5) is 13.2 Å². The van der Waals surface area contributed by atoms with Crippen LogP contribution < -0.4 is 10.1 Å². The Morgan fingerprint density at radius 3 is 2.83 bits per heavy atom. The normalized spacial score (nSPS) is 19.8. The molecule has 1 fully saturated rings. The molecule has 0 aliphatic heterocycles. The van der Waals surface area contributed by atoms with Gasteiger partial charge in [-0.05, 0) is 24.6 Å². The molecule has 24 heavy (non-hydrogen) atoms. The number of nitrogens with one attached hydrogen (secondary N) is 1. The third-order valence-electron chi connectivity index (χ3n) is 3.75. The number of furan rings is 1. The number of alkyl halides is 3. The summed E-state index contributed by atoms with van der Waals surface area (Å²) in [5.41, 5.74) is -0.833. The van der Waals surface area contributed by atoms with Gasteiger partial charge in [0.2, 0.25) is 11.8 Å². The molecule has 0 bridgehead atoms. The minimum atomic E-state index is -4.42. The van der Waals surface area contributed by atoms with Crippen molar-refractivity contribution in [2.75, 3.05) is 13.2 Å². The fourth-order valence-corrected chi connectivity index (χ4v) is 2.40. The third-order valence-corrected chi connectivity index (χ3v) is 3.75. The fourth-order valence-electron chi connectivity index (χ4n) is 2.40. The third kappa shape index (κ3) is 3.87. The van der Waals surface area contributed by atoms with E-state index < -0.39 is 11.7 Å². The van der Waals surface area contributed by atoms with E-state index in [1.807, 2.05) is 6.07 Å². The Morgan fingerprint density at radius 1 is 1.38 bits per heavy atom. The van der Waals surface area contributed by atoms with Crippen LogP contribution in [0.1, 0.15) is 23.7 Å². The lowest BCUT2D eigenvalue weighted by Gasteiger charge is -2.09. The zero-order valence-corrected chi connectivity index (χ0v) is 12.5. The van der Waals surface area contributed by atoms with Crippen LogP contribution in [0.25, 0.3) is 0 Å². The van der Waals surface area contributed by atoms with Gasteiger partial charge in [-0.3, -0.25) is 4.79 Å². The van der Waals surface area contributed by atoms with Crippen molar-refractivity contribution in [1.29, 1.82) is 0 Å². The fraction of sp³-hybridized carbons (Fsp3) is 0.375. The van der Waals surface area contributed by atoms with E-state index in [2.05, 4.69) is 10.3 Å². The van der Waals surface area contributed by atoms with E-state index in [1.54, 1.807) is 12.3 Å². The Labute approximate surface area is 135 Å². The first-order valence-corrected chi connectivity index (χ1v) is 7.42. The van der Waals surface area contributed by atoms with E-state index in [4.69, 9.17) is 9.15 Å². The van der Waals surface area contributed by atoms with Crippen LogP contribution in [0.5, 0.6) is 5.88 Å². The van der Waals surface area contributed by atoms with Gasteiger partial charge in [0.1, 0.15) is 12.4 Å². The Hall–Kier alpha value is -2.51. The zero-order chi connectivity index (χ0) is 17.2.